The van der Waals surface area contributed by atoms with E-state index < -0.39 is 47.1 Å². The van der Waals surface area contributed by atoms with Gasteiger partial charge in [0.25, 0.3) is 5.91 Å². The Bertz CT molecular complexity index is 1890. The first-order valence-electron chi connectivity index (χ1n) is 14.8. The summed E-state index contributed by atoms with van der Waals surface area (Å²) in [6, 6.07) is 10.4. The van der Waals surface area contributed by atoms with E-state index in [2.05, 4.69) is 15.4 Å². The van der Waals surface area contributed by atoms with Crippen molar-refractivity contribution in [3.63, 3.8) is 0 Å². The Morgan fingerprint density at radius 1 is 1.13 bits per heavy atom. The lowest BCUT2D eigenvalue weighted by Crippen LogP contribution is -2.52. The summed E-state index contributed by atoms with van der Waals surface area (Å²) in [7, 11) is 1.38. The lowest BCUT2D eigenvalue weighted by molar-refractivity contribution is -0.265. The van der Waals surface area contributed by atoms with E-state index in [1.807, 2.05) is 0 Å². The summed E-state index contributed by atoms with van der Waals surface area (Å²) < 4.78 is 71.1. The van der Waals surface area contributed by atoms with Crippen molar-refractivity contribution in [2.75, 3.05) is 20.3 Å². The molecule has 46 heavy (non-hydrogen) atoms. The Labute approximate surface area is 259 Å². The van der Waals surface area contributed by atoms with Gasteiger partial charge in [-0.3, -0.25) is 9.59 Å². The minimum atomic E-state index is -5.34. The molecule has 2 fully saturated rings. The SMILES string of the molecule is COc1cc(C(=O)NC[C@](O)(c2cc3c(c(-c4ccc(F)cc4)n2)OC[C@]3(C(N)=O)C2CC2)C(F)(F)F)cc2cc(C3CC3)nn12. The largest absolute Gasteiger partial charge is 0.489 e. The zero-order valence-corrected chi connectivity index (χ0v) is 24.5. The number of hydrogen-bond donors (Lipinski definition) is 3. The van der Waals surface area contributed by atoms with Crippen LogP contribution in [-0.4, -0.2) is 58.0 Å². The van der Waals surface area contributed by atoms with Gasteiger partial charge in [0.05, 0.1) is 30.6 Å². The fraction of sp³-hybridized carbons (Fsp3) is 0.375. The van der Waals surface area contributed by atoms with Crippen LogP contribution in [0.4, 0.5) is 17.6 Å². The Hall–Kier alpha value is -4.72. The first kappa shape index (κ1) is 30.0. The topological polar surface area (TPSA) is 141 Å². The molecule has 4 aromatic rings. The molecule has 0 saturated heterocycles. The minimum absolute atomic E-state index is 0.0140. The van der Waals surface area contributed by atoms with E-state index in [0.717, 1.165) is 36.7 Å². The van der Waals surface area contributed by atoms with Crippen molar-refractivity contribution in [3.8, 4) is 22.9 Å². The fourth-order valence-electron chi connectivity index (χ4n) is 6.20. The van der Waals surface area contributed by atoms with E-state index in [4.69, 9.17) is 15.2 Å². The molecule has 2 saturated carbocycles. The van der Waals surface area contributed by atoms with E-state index in [1.54, 1.807) is 6.07 Å². The van der Waals surface area contributed by atoms with Gasteiger partial charge in [-0.2, -0.15) is 18.3 Å². The summed E-state index contributed by atoms with van der Waals surface area (Å²) in [5, 5.41) is 18.1. The molecule has 2 amide bonds. The smallest absolute Gasteiger partial charge is 0.424 e. The van der Waals surface area contributed by atoms with Crippen molar-refractivity contribution in [2.45, 2.75) is 48.8 Å². The monoisotopic (exact) mass is 639 g/mol. The summed E-state index contributed by atoms with van der Waals surface area (Å²) in [5.74, 6) is -2.03. The van der Waals surface area contributed by atoms with Crippen molar-refractivity contribution in [3.05, 3.63) is 76.9 Å². The number of nitrogens with two attached hydrogens (primary N) is 1. The van der Waals surface area contributed by atoms with Crippen molar-refractivity contribution in [1.29, 1.82) is 0 Å². The number of amides is 2. The van der Waals surface area contributed by atoms with Crippen molar-refractivity contribution in [1.82, 2.24) is 19.9 Å². The molecule has 4 N–H and O–H groups in total. The van der Waals surface area contributed by atoms with Gasteiger partial charge >= 0.3 is 6.18 Å². The van der Waals surface area contributed by atoms with Gasteiger partial charge in [0.15, 0.2) is 0 Å². The number of benzene rings is 1. The quantitative estimate of drug-likeness (QED) is 0.234. The molecule has 1 aromatic carbocycles. The van der Waals surface area contributed by atoms with Gasteiger partial charge in [0.2, 0.25) is 17.4 Å². The first-order valence-corrected chi connectivity index (χ1v) is 14.8. The molecule has 0 unspecified atom stereocenters. The number of fused-ring (bicyclic) bond motifs is 2. The lowest BCUT2D eigenvalue weighted by atomic mass is 9.76. The molecular weight excluding hydrogens is 610 g/mol. The third-order valence-corrected chi connectivity index (χ3v) is 9.14. The zero-order chi connectivity index (χ0) is 32.6. The van der Waals surface area contributed by atoms with Crippen LogP contribution in [0.25, 0.3) is 16.8 Å². The average Bonchev–Trinajstić information content (AvgIpc) is 3.97. The number of nitrogens with zero attached hydrogens (tertiary/aromatic N) is 3. The number of alkyl halides is 3. The standard InChI is InChI=1S/C32H29F4N5O5/c1-45-25-11-18(10-21-12-23(16-2-3-16)40-41(21)25)28(42)38-14-31(44,32(34,35)36)24-13-22-27(26(39-24)17-4-8-20(33)9-5-17)46-15-30(22,29(37)43)19-6-7-19/h4-5,8-13,16,19,44H,2-3,6-7,14-15H2,1H3,(H2,37,43)(H,38,42)/t30-,31-/m0/s1. The molecular formula is C32H29F4N5O5. The number of hydrogen-bond acceptors (Lipinski definition) is 7. The Morgan fingerprint density at radius 2 is 1.85 bits per heavy atom. The number of methoxy groups -OCH3 is 1. The van der Waals surface area contributed by atoms with Crippen LogP contribution in [0.5, 0.6) is 11.6 Å². The Balaban J connectivity index is 1.29. The van der Waals surface area contributed by atoms with E-state index in [1.165, 1.54) is 35.9 Å². The number of rotatable bonds is 9. The maximum Gasteiger partial charge on any atom is 0.424 e. The highest BCUT2D eigenvalue weighted by Crippen LogP contribution is 2.56. The third-order valence-electron chi connectivity index (χ3n) is 9.14. The second-order valence-corrected chi connectivity index (χ2v) is 12.1. The van der Waals surface area contributed by atoms with Gasteiger partial charge in [-0.05, 0) is 74.1 Å². The van der Waals surface area contributed by atoms with E-state index >= 15 is 0 Å². The normalized spacial score (nSPS) is 20.6. The molecule has 2 atom stereocenters. The molecule has 3 aliphatic rings. The molecule has 10 nitrogen and oxygen atoms in total. The van der Waals surface area contributed by atoms with Crippen LogP contribution in [0.3, 0.4) is 0 Å². The van der Waals surface area contributed by atoms with Crippen LogP contribution in [-0.2, 0) is 15.8 Å². The molecule has 0 bridgehead atoms. The fourth-order valence-corrected chi connectivity index (χ4v) is 6.20. The Morgan fingerprint density at radius 3 is 2.46 bits per heavy atom. The van der Waals surface area contributed by atoms with Gasteiger partial charge in [-0.25, -0.2) is 13.9 Å². The number of ether oxygens (including phenoxy) is 2. The van der Waals surface area contributed by atoms with Gasteiger partial charge in [-0.1, -0.05) is 0 Å². The maximum absolute atomic E-state index is 14.9. The molecule has 14 heteroatoms. The van der Waals surface area contributed by atoms with Crippen LogP contribution >= 0.6 is 0 Å². The van der Waals surface area contributed by atoms with Crippen LogP contribution in [0, 0.1) is 11.7 Å². The summed E-state index contributed by atoms with van der Waals surface area (Å²) in [4.78, 5) is 30.4. The van der Waals surface area contributed by atoms with Gasteiger partial charge < -0.3 is 25.6 Å². The number of carbonyl (C=O) groups excluding carboxylic acids is 2. The van der Waals surface area contributed by atoms with Crippen LogP contribution in [0.15, 0.2) is 48.5 Å². The summed E-state index contributed by atoms with van der Waals surface area (Å²) in [5.41, 5.74) is 1.24. The minimum Gasteiger partial charge on any atom is -0.489 e. The average molecular weight is 640 g/mol. The molecule has 3 aromatic heterocycles. The molecule has 1 aliphatic heterocycles. The predicted molar refractivity (Wildman–Crippen MR) is 155 cm³/mol. The molecule has 0 radical (unpaired) electrons. The zero-order valence-electron chi connectivity index (χ0n) is 24.5. The summed E-state index contributed by atoms with van der Waals surface area (Å²) >= 11 is 0. The van der Waals surface area contributed by atoms with Crippen LogP contribution in [0.1, 0.15) is 58.9 Å². The van der Waals surface area contributed by atoms with Crippen molar-refractivity contribution < 1.29 is 41.7 Å². The van der Waals surface area contributed by atoms with E-state index in [9.17, 15) is 32.3 Å². The van der Waals surface area contributed by atoms with Crippen molar-refractivity contribution in [2.24, 2.45) is 11.7 Å². The molecule has 4 heterocycles. The number of carbonyl (C=O) groups is 2. The number of nitrogens with one attached hydrogen (secondary N) is 1. The van der Waals surface area contributed by atoms with E-state index in [0.29, 0.717) is 24.3 Å². The molecule has 2 aliphatic carbocycles. The number of pyridine rings is 2. The molecule has 7 rings (SSSR count). The van der Waals surface area contributed by atoms with Gasteiger partial charge in [0, 0.05) is 28.7 Å². The van der Waals surface area contributed by atoms with Gasteiger partial charge in [-0.15, -0.1) is 0 Å². The predicted octanol–water partition coefficient (Wildman–Crippen LogP) is 4.13. The van der Waals surface area contributed by atoms with Crippen LogP contribution < -0.4 is 20.5 Å². The second kappa shape index (κ2) is 10.4. The highest BCUT2D eigenvalue weighted by Gasteiger charge is 2.60. The summed E-state index contributed by atoms with van der Waals surface area (Å²) in [6.07, 6.45) is -2.17. The number of aromatic nitrogens is 3. The molecule has 0 spiro atoms. The first-order chi connectivity index (χ1) is 21.9. The third kappa shape index (κ3) is 4.73. The highest BCUT2D eigenvalue weighted by atomic mass is 19.4. The Kier molecular flexibility index (Phi) is 6.78. The lowest BCUT2D eigenvalue weighted by Gasteiger charge is -2.32. The van der Waals surface area contributed by atoms with E-state index in [-0.39, 0.29) is 46.5 Å². The highest BCUT2D eigenvalue weighted by molar-refractivity contribution is 5.96. The number of halogens is 4. The van der Waals surface area contributed by atoms with Crippen LogP contribution in [0.2, 0.25) is 0 Å². The van der Waals surface area contributed by atoms with Crippen molar-refractivity contribution >= 4 is 17.3 Å². The maximum atomic E-state index is 14.9. The molecule has 240 valence electrons. The number of primary amides is 1. The second-order valence-electron chi connectivity index (χ2n) is 12.1. The summed E-state index contributed by atoms with van der Waals surface area (Å²) in [6.45, 7) is -1.54. The van der Waals surface area contributed by atoms with Gasteiger partial charge in [0.1, 0.15) is 29.3 Å². The number of aliphatic hydroxyl groups is 1.